The minimum atomic E-state index is -4.58. The first-order chi connectivity index (χ1) is 15.1. The summed E-state index contributed by atoms with van der Waals surface area (Å²) in [5.41, 5.74) is 0.731. The molecule has 0 aliphatic heterocycles. The Hall–Kier alpha value is -2.79. The van der Waals surface area contributed by atoms with Crippen LogP contribution in [0.5, 0.6) is 0 Å². The zero-order valence-electron chi connectivity index (χ0n) is 17.0. The van der Waals surface area contributed by atoms with Crippen LogP contribution in [0.3, 0.4) is 0 Å². The van der Waals surface area contributed by atoms with E-state index in [1.54, 1.807) is 25.1 Å². The van der Waals surface area contributed by atoms with Crippen molar-refractivity contribution < 1.29 is 27.5 Å². The number of halogens is 4. The van der Waals surface area contributed by atoms with E-state index in [9.17, 15) is 22.8 Å². The Balaban J connectivity index is 1.72. The van der Waals surface area contributed by atoms with Gasteiger partial charge in [0.15, 0.2) is 11.0 Å². The minimum Gasteiger partial charge on any atom is -0.462 e. The molecule has 0 atom stereocenters. The molecule has 0 spiro atoms. The molecule has 0 saturated heterocycles. The number of carbonyl (C=O) groups is 2. The predicted octanol–water partition coefficient (Wildman–Crippen LogP) is 5.03. The predicted molar refractivity (Wildman–Crippen MR) is 115 cm³/mol. The standard InChI is InChI=1S/C20H18ClF3N4O3S/c1-3-28-15-6-5-11(18(30)31-4-2)7-14(15)26-19(28)32-10-16(29)27-17-13(21)8-12(9-25-17)20(22,23)24/h5-9H,3-4,10H2,1-2H3,(H,25,27,29). The van der Waals surface area contributed by atoms with Crippen LogP contribution in [0.2, 0.25) is 5.02 Å². The van der Waals surface area contributed by atoms with E-state index in [2.05, 4.69) is 15.3 Å². The number of benzene rings is 1. The summed E-state index contributed by atoms with van der Waals surface area (Å²) in [4.78, 5) is 32.3. The molecule has 7 nitrogen and oxygen atoms in total. The molecule has 0 bridgehead atoms. The number of rotatable bonds is 7. The average Bonchev–Trinajstić information content (AvgIpc) is 3.09. The topological polar surface area (TPSA) is 86.1 Å². The molecule has 0 saturated carbocycles. The monoisotopic (exact) mass is 486 g/mol. The number of alkyl halides is 3. The summed E-state index contributed by atoms with van der Waals surface area (Å²) < 4.78 is 45.0. The van der Waals surface area contributed by atoms with E-state index in [0.29, 0.717) is 35.0 Å². The normalized spacial score (nSPS) is 11.6. The lowest BCUT2D eigenvalue weighted by Crippen LogP contribution is -2.16. The highest BCUT2D eigenvalue weighted by Crippen LogP contribution is 2.32. The summed E-state index contributed by atoms with van der Waals surface area (Å²) >= 11 is 6.96. The number of nitrogens with one attached hydrogen (secondary N) is 1. The summed E-state index contributed by atoms with van der Waals surface area (Å²) in [5.74, 6) is -1.19. The molecule has 32 heavy (non-hydrogen) atoms. The van der Waals surface area contributed by atoms with Crippen molar-refractivity contribution in [2.24, 2.45) is 0 Å². The number of hydrogen-bond acceptors (Lipinski definition) is 6. The Morgan fingerprint density at radius 1 is 1.25 bits per heavy atom. The third kappa shape index (κ3) is 5.33. The van der Waals surface area contributed by atoms with E-state index < -0.39 is 23.6 Å². The minimum absolute atomic E-state index is 0.0763. The fraction of sp³-hybridized carbons (Fsp3) is 0.300. The maximum atomic E-state index is 12.7. The van der Waals surface area contributed by atoms with E-state index in [1.807, 2.05) is 11.5 Å². The molecule has 0 fully saturated rings. The molecule has 3 aromatic rings. The summed E-state index contributed by atoms with van der Waals surface area (Å²) in [6, 6.07) is 5.73. The maximum Gasteiger partial charge on any atom is 0.417 e. The third-order valence-corrected chi connectivity index (χ3v) is 5.56. The van der Waals surface area contributed by atoms with Crippen molar-refractivity contribution in [1.29, 1.82) is 0 Å². The van der Waals surface area contributed by atoms with Crippen molar-refractivity contribution in [1.82, 2.24) is 14.5 Å². The van der Waals surface area contributed by atoms with Gasteiger partial charge in [-0.1, -0.05) is 23.4 Å². The van der Waals surface area contributed by atoms with Crippen LogP contribution in [0, 0.1) is 0 Å². The SMILES string of the molecule is CCOC(=O)c1ccc2c(c1)nc(SCC(=O)Nc1ncc(C(F)(F)F)cc1Cl)n2CC. The van der Waals surface area contributed by atoms with Crippen LogP contribution in [0.25, 0.3) is 11.0 Å². The number of esters is 1. The van der Waals surface area contributed by atoms with Crippen molar-refractivity contribution in [3.05, 3.63) is 46.6 Å². The molecule has 0 aliphatic rings. The van der Waals surface area contributed by atoms with Crippen LogP contribution >= 0.6 is 23.4 Å². The van der Waals surface area contributed by atoms with E-state index in [-0.39, 0.29) is 23.2 Å². The zero-order valence-corrected chi connectivity index (χ0v) is 18.6. The van der Waals surface area contributed by atoms with Crippen molar-refractivity contribution in [3.8, 4) is 0 Å². The number of ether oxygens (including phenoxy) is 1. The second-order valence-corrected chi connectivity index (χ2v) is 7.80. The lowest BCUT2D eigenvalue weighted by Gasteiger charge is -2.10. The number of imidazole rings is 1. The molecule has 1 amide bonds. The molecule has 1 aromatic carbocycles. The maximum absolute atomic E-state index is 12.7. The molecular weight excluding hydrogens is 469 g/mol. The first kappa shape index (κ1) is 23.9. The van der Waals surface area contributed by atoms with Crippen molar-refractivity contribution in [3.63, 3.8) is 0 Å². The lowest BCUT2D eigenvalue weighted by molar-refractivity contribution is -0.137. The van der Waals surface area contributed by atoms with Crippen molar-refractivity contribution in [2.75, 3.05) is 17.7 Å². The summed E-state index contributed by atoms with van der Waals surface area (Å²) in [5, 5.41) is 2.63. The molecule has 0 unspecified atom stereocenters. The number of fused-ring (bicyclic) bond motifs is 1. The van der Waals surface area contributed by atoms with Crippen LogP contribution in [0.1, 0.15) is 29.8 Å². The number of carbonyl (C=O) groups excluding carboxylic acids is 2. The van der Waals surface area contributed by atoms with Crippen LogP contribution in [0.15, 0.2) is 35.6 Å². The number of anilines is 1. The second-order valence-electron chi connectivity index (χ2n) is 6.45. The number of aryl methyl sites for hydroxylation is 1. The average molecular weight is 487 g/mol. The Labute approximate surface area is 190 Å². The van der Waals surface area contributed by atoms with Gasteiger partial charge in [0, 0.05) is 12.7 Å². The molecule has 1 N–H and O–H groups in total. The van der Waals surface area contributed by atoms with Gasteiger partial charge in [-0.2, -0.15) is 13.2 Å². The van der Waals surface area contributed by atoms with Crippen molar-refractivity contribution >= 4 is 52.1 Å². The zero-order chi connectivity index (χ0) is 23.5. The van der Waals surface area contributed by atoms with Gasteiger partial charge in [0.2, 0.25) is 5.91 Å². The second kappa shape index (κ2) is 9.78. The van der Waals surface area contributed by atoms with Gasteiger partial charge in [-0.25, -0.2) is 14.8 Å². The van der Waals surface area contributed by atoms with Gasteiger partial charge in [-0.05, 0) is 38.1 Å². The molecule has 12 heteroatoms. The van der Waals surface area contributed by atoms with Crippen LogP contribution in [-0.2, 0) is 22.3 Å². The molecule has 170 valence electrons. The molecular formula is C20H18ClF3N4O3S. The largest absolute Gasteiger partial charge is 0.462 e. The molecule has 2 aromatic heterocycles. The Morgan fingerprint density at radius 2 is 2.00 bits per heavy atom. The molecule has 3 rings (SSSR count). The van der Waals surface area contributed by atoms with E-state index in [0.717, 1.165) is 17.3 Å². The smallest absolute Gasteiger partial charge is 0.417 e. The Bertz CT molecular complexity index is 1170. The highest BCUT2D eigenvalue weighted by Gasteiger charge is 2.31. The van der Waals surface area contributed by atoms with E-state index in [1.165, 1.54) is 0 Å². The summed E-state index contributed by atoms with van der Waals surface area (Å²) in [6.07, 6.45) is -3.98. The fourth-order valence-corrected chi connectivity index (χ4v) is 3.94. The summed E-state index contributed by atoms with van der Waals surface area (Å²) in [7, 11) is 0. The van der Waals surface area contributed by atoms with Gasteiger partial charge in [-0.3, -0.25) is 4.79 Å². The van der Waals surface area contributed by atoms with Gasteiger partial charge in [0.05, 0.1) is 39.5 Å². The quantitative estimate of drug-likeness (QED) is 0.372. The Morgan fingerprint density at radius 3 is 2.62 bits per heavy atom. The lowest BCUT2D eigenvalue weighted by atomic mass is 10.2. The number of nitrogens with zero attached hydrogens (tertiary/aromatic N) is 3. The van der Waals surface area contributed by atoms with Gasteiger partial charge < -0.3 is 14.6 Å². The summed E-state index contributed by atoms with van der Waals surface area (Å²) in [6.45, 7) is 4.46. The van der Waals surface area contributed by atoms with Gasteiger partial charge >= 0.3 is 12.1 Å². The van der Waals surface area contributed by atoms with Crippen LogP contribution < -0.4 is 5.32 Å². The number of aromatic nitrogens is 3. The fourth-order valence-electron chi connectivity index (χ4n) is 2.85. The van der Waals surface area contributed by atoms with Gasteiger partial charge in [0.1, 0.15) is 0 Å². The number of amides is 1. The van der Waals surface area contributed by atoms with E-state index >= 15 is 0 Å². The van der Waals surface area contributed by atoms with Crippen LogP contribution in [-0.4, -0.2) is 38.8 Å². The number of hydrogen-bond donors (Lipinski definition) is 1. The van der Waals surface area contributed by atoms with E-state index in [4.69, 9.17) is 16.3 Å². The Kier molecular flexibility index (Phi) is 7.29. The van der Waals surface area contributed by atoms with Gasteiger partial charge in [-0.15, -0.1) is 0 Å². The number of thioether (sulfide) groups is 1. The highest BCUT2D eigenvalue weighted by atomic mass is 35.5. The van der Waals surface area contributed by atoms with Crippen LogP contribution in [0.4, 0.5) is 19.0 Å². The number of pyridine rings is 1. The van der Waals surface area contributed by atoms with Gasteiger partial charge in [0.25, 0.3) is 0 Å². The highest BCUT2D eigenvalue weighted by molar-refractivity contribution is 7.99. The first-order valence-electron chi connectivity index (χ1n) is 9.46. The molecule has 0 radical (unpaired) electrons. The molecule has 0 aliphatic carbocycles. The van der Waals surface area contributed by atoms with Crippen molar-refractivity contribution in [2.45, 2.75) is 31.7 Å². The third-order valence-electron chi connectivity index (χ3n) is 4.30. The molecule has 2 heterocycles. The first-order valence-corrected chi connectivity index (χ1v) is 10.8.